The van der Waals surface area contributed by atoms with E-state index >= 15 is 0 Å². The summed E-state index contributed by atoms with van der Waals surface area (Å²) in [4.78, 5) is 16.9. The average molecular weight is 428 g/mol. The number of quaternary nitrogens is 1. The predicted molar refractivity (Wildman–Crippen MR) is 121 cm³/mol. The van der Waals surface area contributed by atoms with Crippen LogP contribution in [-0.4, -0.2) is 43.4 Å². The fourth-order valence-electron chi connectivity index (χ4n) is 4.15. The topological polar surface area (TPSA) is 101 Å². The number of hydrogen-bond donors (Lipinski definition) is 3. The lowest BCUT2D eigenvalue weighted by molar-refractivity contribution is -0.950. The molecule has 1 unspecified atom stereocenters. The Balaban J connectivity index is 2.03. The molecule has 3 rings (SSSR count). The van der Waals surface area contributed by atoms with E-state index in [0.29, 0.717) is 18.7 Å². The van der Waals surface area contributed by atoms with Crippen LogP contribution in [0.2, 0.25) is 0 Å². The normalized spacial score (nSPS) is 14.3. The Labute approximate surface area is 183 Å². The molecule has 3 aromatic rings. The second-order valence-electron chi connectivity index (χ2n) is 9.36. The number of aliphatic hydroxyl groups excluding tert-OH is 1. The van der Waals surface area contributed by atoms with E-state index in [1.54, 1.807) is 0 Å². The van der Waals surface area contributed by atoms with Gasteiger partial charge in [-0.15, -0.1) is 5.10 Å². The molecule has 0 radical (unpaired) electrons. The maximum Gasteiger partial charge on any atom is 0.257 e. The number of rotatable bonds is 9. The SMILES string of the molecule is CCC(C)(C)n1nnnc1[C@@H](C(C)C)[NH+](CCO)Cc1cc2ccc(C)cc2[nH]c1=O. The van der Waals surface area contributed by atoms with Crippen LogP contribution >= 0.6 is 0 Å². The van der Waals surface area contributed by atoms with Gasteiger partial charge in [0.15, 0.2) is 6.04 Å². The van der Waals surface area contributed by atoms with Crippen molar-refractivity contribution in [1.29, 1.82) is 0 Å². The molecule has 0 aliphatic heterocycles. The number of hydrogen-bond acceptors (Lipinski definition) is 5. The minimum absolute atomic E-state index is 0.0158. The highest BCUT2D eigenvalue weighted by Crippen LogP contribution is 2.24. The van der Waals surface area contributed by atoms with Gasteiger partial charge in [0.1, 0.15) is 13.1 Å². The fourth-order valence-corrected chi connectivity index (χ4v) is 4.15. The van der Waals surface area contributed by atoms with Crippen LogP contribution in [0.3, 0.4) is 0 Å². The van der Waals surface area contributed by atoms with Gasteiger partial charge in [-0.2, -0.15) is 0 Å². The molecule has 168 valence electrons. The molecule has 0 amide bonds. The maximum atomic E-state index is 12.9. The molecule has 3 N–H and O–H groups in total. The van der Waals surface area contributed by atoms with Crippen molar-refractivity contribution in [2.75, 3.05) is 13.2 Å². The number of benzene rings is 1. The van der Waals surface area contributed by atoms with Crippen molar-refractivity contribution < 1.29 is 10.0 Å². The van der Waals surface area contributed by atoms with Crippen LogP contribution in [0.4, 0.5) is 0 Å². The van der Waals surface area contributed by atoms with Crippen LogP contribution in [0, 0.1) is 12.8 Å². The van der Waals surface area contributed by atoms with Gasteiger partial charge in [-0.05, 0) is 60.7 Å². The molecule has 8 nitrogen and oxygen atoms in total. The smallest absolute Gasteiger partial charge is 0.257 e. The van der Waals surface area contributed by atoms with E-state index in [4.69, 9.17) is 0 Å². The third-order valence-corrected chi connectivity index (χ3v) is 6.25. The van der Waals surface area contributed by atoms with E-state index in [0.717, 1.165) is 33.6 Å². The summed E-state index contributed by atoms with van der Waals surface area (Å²) in [6.45, 7) is 13.6. The molecule has 0 spiro atoms. The quantitative estimate of drug-likeness (QED) is 0.483. The Bertz CT molecular complexity index is 1090. The minimum Gasteiger partial charge on any atom is -0.391 e. The van der Waals surface area contributed by atoms with Crippen molar-refractivity contribution in [3.05, 3.63) is 51.6 Å². The number of aromatic nitrogens is 5. The molecule has 0 saturated carbocycles. The number of nitrogens with one attached hydrogen (secondary N) is 2. The van der Waals surface area contributed by atoms with Gasteiger partial charge in [0.2, 0.25) is 5.82 Å². The molecule has 2 aromatic heterocycles. The first-order chi connectivity index (χ1) is 14.7. The maximum absolute atomic E-state index is 12.9. The summed E-state index contributed by atoms with van der Waals surface area (Å²) < 4.78 is 1.91. The van der Waals surface area contributed by atoms with Crippen LogP contribution in [-0.2, 0) is 12.1 Å². The molecule has 31 heavy (non-hydrogen) atoms. The zero-order valence-electron chi connectivity index (χ0n) is 19.4. The minimum atomic E-state index is -0.228. The predicted octanol–water partition coefficient (Wildman–Crippen LogP) is 1.74. The van der Waals surface area contributed by atoms with Gasteiger partial charge in [0.25, 0.3) is 5.56 Å². The van der Waals surface area contributed by atoms with Crippen molar-refractivity contribution >= 4 is 10.9 Å². The zero-order chi connectivity index (χ0) is 22.8. The number of nitrogens with zero attached hydrogens (tertiary/aromatic N) is 4. The number of aryl methyl sites for hydroxylation is 1. The summed E-state index contributed by atoms with van der Waals surface area (Å²) in [6.07, 6.45) is 0.884. The van der Waals surface area contributed by atoms with Crippen molar-refractivity contribution in [1.82, 2.24) is 25.2 Å². The Kier molecular flexibility index (Phi) is 6.91. The summed E-state index contributed by atoms with van der Waals surface area (Å²) in [6, 6.07) is 7.94. The molecule has 2 atom stereocenters. The molecule has 0 aliphatic carbocycles. The molecular weight excluding hydrogens is 392 g/mol. The number of aromatic amines is 1. The highest BCUT2D eigenvalue weighted by atomic mass is 16.3. The van der Waals surface area contributed by atoms with Gasteiger partial charge >= 0.3 is 0 Å². The van der Waals surface area contributed by atoms with Gasteiger partial charge < -0.3 is 15.0 Å². The highest BCUT2D eigenvalue weighted by molar-refractivity contribution is 5.79. The monoisotopic (exact) mass is 427 g/mol. The van der Waals surface area contributed by atoms with Crippen molar-refractivity contribution in [3.8, 4) is 0 Å². The fraction of sp³-hybridized carbons (Fsp3) is 0.565. The second-order valence-corrected chi connectivity index (χ2v) is 9.36. The number of pyridine rings is 1. The Morgan fingerprint density at radius 3 is 2.65 bits per heavy atom. The number of H-pyrrole nitrogens is 1. The highest BCUT2D eigenvalue weighted by Gasteiger charge is 2.36. The Hall–Kier alpha value is -2.58. The van der Waals surface area contributed by atoms with Gasteiger partial charge in [0, 0.05) is 11.4 Å². The summed E-state index contributed by atoms with van der Waals surface area (Å²) in [5.74, 6) is 0.999. The molecule has 0 saturated heterocycles. The molecule has 0 fully saturated rings. The van der Waals surface area contributed by atoms with Gasteiger partial charge in [0.05, 0.1) is 17.7 Å². The number of fused-ring (bicyclic) bond motifs is 1. The second kappa shape index (κ2) is 9.28. The lowest BCUT2D eigenvalue weighted by Gasteiger charge is -2.32. The van der Waals surface area contributed by atoms with E-state index in [-0.39, 0.29) is 29.7 Å². The molecule has 2 heterocycles. The summed E-state index contributed by atoms with van der Waals surface area (Å²) in [5, 5.41) is 23.5. The molecular formula is C23H35N6O2+. The van der Waals surface area contributed by atoms with Gasteiger partial charge in [-0.25, -0.2) is 4.68 Å². The average Bonchev–Trinajstić information content (AvgIpc) is 3.19. The van der Waals surface area contributed by atoms with Crippen LogP contribution in [0.5, 0.6) is 0 Å². The summed E-state index contributed by atoms with van der Waals surface area (Å²) >= 11 is 0. The molecule has 8 heteroatoms. The summed E-state index contributed by atoms with van der Waals surface area (Å²) in [5.41, 5.74) is 2.32. The lowest BCUT2D eigenvalue weighted by atomic mass is 9.97. The van der Waals surface area contributed by atoms with Crippen LogP contribution in [0.15, 0.2) is 29.1 Å². The first kappa shape index (κ1) is 23.1. The standard InChI is InChI=1S/C23H34N6O2/c1-7-23(5,6)29-21(25-26-27-29)20(15(2)3)28(10-11-30)14-18-13-17-9-8-16(4)12-19(17)24-22(18)31/h8-9,12-13,15,20,30H,7,10-11,14H2,1-6H3,(H,24,31)/p+1/t20-/m1/s1. The van der Waals surface area contributed by atoms with E-state index in [2.05, 4.69) is 55.1 Å². The molecule has 0 aliphatic rings. The van der Waals surface area contributed by atoms with E-state index in [1.807, 2.05) is 35.9 Å². The van der Waals surface area contributed by atoms with Crippen LogP contribution in [0.25, 0.3) is 10.9 Å². The molecule has 0 bridgehead atoms. The Morgan fingerprint density at radius 2 is 2.00 bits per heavy atom. The van der Waals surface area contributed by atoms with Crippen molar-refractivity contribution in [2.45, 2.75) is 66.1 Å². The largest absolute Gasteiger partial charge is 0.391 e. The lowest BCUT2D eigenvalue weighted by Crippen LogP contribution is -3.12. The van der Waals surface area contributed by atoms with Gasteiger partial charge in [-0.3, -0.25) is 4.79 Å². The van der Waals surface area contributed by atoms with Crippen molar-refractivity contribution in [3.63, 3.8) is 0 Å². The Morgan fingerprint density at radius 1 is 1.26 bits per heavy atom. The first-order valence-corrected chi connectivity index (χ1v) is 11.0. The number of tetrazole rings is 1. The summed E-state index contributed by atoms with van der Waals surface area (Å²) in [7, 11) is 0. The van der Waals surface area contributed by atoms with Gasteiger partial charge in [-0.1, -0.05) is 32.9 Å². The van der Waals surface area contributed by atoms with Crippen LogP contribution in [0.1, 0.15) is 64.0 Å². The third-order valence-electron chi connectivity index (χ3n) is 6.25. The van der Waals surface area contributed by atoms with E-state index in [9.17, 15) is 9.90 Å². The molecule has 1 aromatic carbocycles. The van der Waals surface area contributed by atoms with Crippen LogP contribution < -0.4 is 10.5 Å². The third kappa shape index (κ3) is 4.85. The zero-order valence-corrected chi connectivity index (χ0v) is 19.4. The number of aliphatic hydroxyl groups is 1. The van der Waals surface area contributed by atoms with Crippen molar-refractivity contribution in [2.24, 2.45) is 5.92 Å². The van der Waals surface area contributed by atoms with E-state index < -0.39 is 0 Å². The first-order valence-electron chi connectivity index (χ1n) is 11.0. The van der Waals surface area contributed by atoms with E-state index in [1.165, 1.54) is 0 Å².